The number of sulfonamides is 1. The first-order valence-electron chi connectivity index (χ1n) is 9.46. The van der Waals surface area contributed by atoms with Gasteiger partial charge in [0.05, 0.1) is 24.6 Å². The maximum atomic E-state index is 12.6. The van der Waals surface area contributed by atoms with Gasteiger partial charge in [0, 0.05) is 6.54 Å². The van der Waals surface area contributed by atoms with Gasteiger partial charge in [0.15, 0.2) is 0 Å². The zero-order chi connectivity index (χ0) is 20.3. The van der Waals surface area contributed by atoms with E-state index in [9.17, 15) is 13.2 Å². The number of carbonyl (C=O) groups is 1. The minimum Gasteiger partial charge on any atom is -0.370 e. The highest BCUT2D eigenvalue weighted by atomic mass is 32.2. The molecule has 0 spiro atoms. The number of fused-ring (bicyclic) bond motifs is 1. The van der Waals surface area contributed by atoms with Crippen LogP contribution < -0.4 is 4.72 Å². The normalized spacial score (nSPS) is 17.4. The van der Waals surface area contributed by atoms with Crippen molar-refractivity contribution in [2.24, 2.45) is 0 Å². The van der Waals surface area contributed by atoms with Gasteiger partial charge in [0.25, 0.3) is 0 Å². The van der Waals surface area contributed by atoms with Crippen molar-refractivity contribution in [1.29, 1.82) is 0 Å². The Bertz CT molecular complexity index is 1120. The van der Waals surface area contributed by atoms with Crippen molar-refractivity contribution < 1.29 is 17.9 Å². The molecule has 150 valence electrons. The number of amides is 1. The van der Waals surface area contributed by atoms with Crippen LogP contribution in [0.1, 0.15) is 11.7 Å². The molecular formula is C22H22N2O4S. The monoisotopic (exact) mass is 410 g/mol. The van der Waals surface area contributed by atoms with Gasteiger partial charge >= 0.3 is 0 Å². The van der Waals surface area contributed by atoms with E-state index in [0.717, 1.165) is 16.3 Å². The molecule has 1 saturated heterocycles. The predicted octanol–water partition coefficient (Wildman–Crippen LogP) is 2.72. The van der Waals surface area contributed by atoms with Gasteiger partial charge in [0.2, 0.25) is 15.9 Å². The van der Waals surface area contributed by atoms with Crippen LogP contribution in [0.4, 0.5) is 0 Å². The summed E-state index contributed by atoms with van der Waals surface area (Å²) in [5.74, 6) is -0.265. The third-order valence-corrected chi connectivity index (χ3v) is 6.43. The molecule has 3 aromatic carbocycles. The smallest absolute Gasteiger partial charge is 0.241 e. The van der Waals surface area contributed by atoms with Gasteiger partial charge in [0.1, 0.15) is 6.10 Å². The van der Waals surface area contributed by atoms with Gasteiger partial charge in [-0.15, -0.1) is 0 Å². The molecule has 0 radical (unpaired) electrons. The molecule has 29 heavy (non-hydrogen) atoms. The number of benzene rings is 3. The molecule has 7 heteroatoms. The molecule has 1 N–H and O–H groups in total. The lowest BCUT2D eigenvalue weighted by molar-refractivity contribution is -0.137. The van der Waals surface area contributed by atoms with Crippen LogP contribution in [0.15, 0.2) is 77.7 Å². The Morgan fingerprint density at radius 2 is 1.72 bits per heavy atom. The van der Waals surface area contributed by atoms with E-state index in [2.05, 4.69) is 4.72 Å². The Morgan fingerprint density at radius 3 is 2.52 bits per heavy atom. The largest absolute Gasteiger partial charge is 0.370 e. The molecule has 4 rings (SSSR count). The number of nitrogens with one attached hydrogen (secondary N) is 1. The zero-order valence-electron chi connectivity index (χ0n) is 15.8. The average molecular weight is 410 g/mol. The fourth-order valence-corrected chi connectivity index (χ4v) is 4.44. The van der Waals surface area contributed by atoms with Crippen LogP contribution >= 0.6 is 0 Å². The number of morpholine rings is 1. The molecule has 1 fully saturated rings. The SMILES string of the molecule is O=C(CNS(=O)(=O)c1ccc2ccccc2c1)N1CCOC(c2ccccc2)C1. The van der Waals surface area contributed by atoms with E-state index in [-0.39, 0.29) is 23.5 Å². The maximum Gasteiger partial charge on any atom is 0.241 e. The van der Waals surface area contributed by atoms with E-state index in [1.807, 2.05) is 54.6 Å². The molecule has 0 aliphatic carbocycles. The van der Waals surface area contributed by atoms with E-state index in [4.69, 9.17) is 4.74 Å². The molecular weight excluding hydrogens is 388 g/mol. The molecule has 6 nitrogen and oxygen atoms in total. The predicted molar refractivity (Wildman–Crippen MR) is 111 cm³/mol. The quantitative estimate of drug-likeness (QED) is 0.702. The summed E-state index contributed by atoms with van der Waals surface area (Å²) in [5.41, 5.74) is 1.00. The molecule has 1 aliphatic rings. The van der Waals surface area contributed by atoms with Gasteiger partial charge in [-0.05, 0) is 28.5 Å². The molecule has 1 atom stereocenters. The number of nitrogens with zero attached hydrogens (tertiary/aromatic N) is 1. The summed E-state index contributed by atoms with van der Waals surface area (Å²) in [5, 5.41) is 1.79. The van der Waals surface area contributed by atoms with Crippen molar-refractivity contribution in [3.8, 4) is 0 Å². The van der Waals surface area contributed by atoms with Crippen molar-refractivity contribution >= 4 is 26.7 Å². The van der Waals surface area contributed by atoms with Gasteiger partial charge in [-0.3, -0.25) is 4.79 Å². The molecule has 0 saturated carbocycles. The number of hydrogen-bond acceptors (Lipinski definition) is 4. The lowest BCUT2D eigenvalue weighted by Gasteiger charge is -2.33. The van der Waals surface area contributed by atoms with Crippen LogP contribution in [0, 0.1) is 0 Å². The Hall–Kier alpha value is -2.74. The van der Waals surface area contributed by atoms with Gasteiger partial charge in [-0.25, -0.2) is 13.1 Å². The van der Waals surface area contributed by atoms with Crippen molar-refractivity contribution in [2.45, 2.75) is 11.0 Å². The van der Waals surface area contributed by atoms with Crippen molar-refractivity contribution in [3.05, 3.63) is 78.4 Å². The van der Waals surface area contributed by atoms with Crippen LogP contribution in [0.5, 0.6) is 0 Å². The number of carbonyl (C=O) groups excluding carboxylic acids is 1. The first kappa shape index (κ1) is 19.6. The second-order valence-corrected chi connectivity index (χ2v) is 8.71. The van der Waals surface area contributed by atoms with Gasteiger partial charge < -0.3 is 9.64 Å². The number of rotatable bonds is 5. The van der Waals surface area contributed by atoms with Gasteiger partial charge in [-0.1, -0.05) is 60.7 Å². The van der Waals surface area contributed by atoms with Crippen LogP contribution in [-0.4, -0.2) is 45.5 Å². The molecule has 1 amide bonds. The average Bonchev–Trinajstić information content (AvgIpc) is 2.78. The summed E-state index contributed by atoms with van der Waals surface area (Å²) in [6, 6.07) is 22.2. The molecule has 1 unspecified atom stereocenters. The van der Waals surface area contributed by atoms with E-state index in [1.165, 1.54) is 0 Å². The Labute approximate surface area is 170 Å². The molecule has 0 aromatic heterocycles. The number of ether oxygens (including phenoxy) is 1. The second kappa shape index (κ2) is 8.32. The molecule has 1 aliphatic heterocycles. The Kier molecular flexibility index (Phi) is 5.62. The molecule has 3 aromatic rings. The maximum absolute atomic E-state index is 12.6. The summed E-state index contributed by atoms with van der Waals surface area (Å²) in [6.07, 6.45) is -0.203. The Balaban J connectivity index is 1.41. The van der Waals surface area contributed by atoms with E-state index >= 15 is 0 Å². The van der Waals surface area contributed by atoms with Crippen molar-refractivity contribution in [1.82, 2.24) is 9.62 Å². The van der Waals surface area contributed by atoms with Crippen LogP contribution in [0.25, 0.3) is 10.8 Å². The fourth-order valence-electron chi connectivity index (χ4n) is 3.43. The van der Waals surface area contributed by atoms with E-state index in [0.29, 0.717) is 19.7 Å². The molecule has 0 bridgehead atoms. The minimum atomic E-state index is -3.78. The zero-order valence-corrected chi connectivity index (χ0v) is 16.6. The summed E-state index contributed by atoms with van der Waals surface area (Å²) < 4.78 is 33.5. The third-order valence-electron chi connectivity index (χ3n) is 5.04. The summed E-state index contributed by atoms with van der Waals surface area (Å²) in [6.45, 7) is 0.986. The fraction of sp³-hybridized carbons (Fsp3) is 0.227. The lowest BCUT2D eigenvalue weighted by atomic mass is 10.1. The third kappa shape index (κ3) is 4.48. The van der Waals surface area contributed by atoms with Gasteiger partial charge in [-0.2, -0.15) is 0 Å². The van der Waals surface area contributed by atoms with Crippen LogP contribution in [0.2, 0.25) is 0 Å². The minimum absolute atomic E-state index is 0.146. The van der Waals surface area contributed by atoms with Crippen molar-refractivity contribution in [3.63, 3.8) is 0 Å². The van der Waals surface area contributed by atoms with Crippen molar-refractivity contribution in [2.75, 3.05) is 26.2 Å². The van der Waals surface area contributed by atoms with E-state index in [1.54, 1.807) is 23.1 Å². The van der Waals surface area contributed by atoms with Crippen LogP contribution in [-0.2, 0) is 19.6 Å². The lowest BCUT2D eigenvalue weighted by Crippen LogP contribution is -2.46. The standard InChI is InChI=1S/C22H22N2O4S/c25-22(24-12-13-28-21(16-24)18-7-2-1-3-8-18)15-23-29(26,27)20-11-10-17-6-4-5-9-19(17)14-20/h1-11,14,21,23H,12-13,15-16H2. The molecule has 1 heterocycles. The first-order valence-corrected chi connectivity index (χ1v) is 10.9. The number of hydrogen-bond donors (Lipinski definition) is 1. The summed E-state index contributed by atoms with van der Waals surface area (Å²) in [7, 11) is -3.78. The highest BCUT2D eigenvalue weighted by Gasteiger charge is 2.26. The van der Waals surface area contributed by atoms with Crippen LogP contribution in [0.3, 0.4) is 0 Å². The highest BCUT2D eigenvalue weighted by Crippen LogP contribution is 2.22. The summed E-state index contributed by atoms with van der Waals surface area (Å²) in [4.78, 5) is 14.4. The topological polar surface area (TPSA) is 75.7 Å². The Morgan fingerprint density at radius 1 is 1.00 bits per heavy atom. The van der Waals surface area contributed by atoms with E-state index < -0.39 is 10.0 Å². The summed E-state index contributed by atoms with van der Waals surface area (Å²) >= 11 is 0. The second-order valence-electron chi connectivity index (χ2n) is 6.94. The first-order chi connectivity index (χ1) is 14.0. The highest BCUT2D eigenvalue weighted by molar-refractivity contribution is 7.89.